The standard InChI is InChI=1S/C18H22BrN5O2/c1-10(11-6-7-14(26-5)13(19)8-11)21-17-22-15-12(16(25)23-17)9-20-24(15)18(2,3)4/h6-10H,1-5H3,(H2,21,22,23,25). The number of ether oxygens (including phenoxy) is 1. The molecule has 0 aliphatic carbocycles. The fourth-order valence-corrected chi connectivity index (χ4v) is 3.28. The number of fused-ring (bicyclic) bond motifs is 1. The SMILES string of the molecule is COc1ccc(C(C)Nc2nc3c(cnn3C(C)(C)C)c(=O)[nH]2)cc1Br. The van der Waals surface area contributed by atoms with E-state index in [0.29, 0.717) is 17.0 Å². The van der Waals surface area contributed by atoms with Gasteiger partial charge in [-0.15, -0.1) is 0 Å². The first-order chi connectivity index (χ1) is 12.2. The van der Waals surface area contributed by atoms with Gasteiger partial charge >= 0.3 is 0 Å². The lowest BCUT2D eigenvalue weighted by Crippen LogP contribution is -2.24. The summed E-state index contributed by atoms with van der Waals surface area (Å²) >= 11 is 3.49. The Kier molecular flexibility index (Phi) is 4.79. The molecule has 7 nitrogen and oxygen atoms in total. The van der Waals surface area contributed by atoms with Gasteiger partial charge in [0.25, 0.3) is 5.56 Å². The molecule has 26 heavy (non-hydrogen) atoms. The van der Waals surface area contributed by atoms with E-state index in [4.69, 9.17) is 4.74 Å². The highest BCUT2D eigenvalue weighted by Crippen LogP contribution is 2.29. The van der Waals surface area contributed by atoms with Crippen LogP contribution in [0.1, 0.15) is 39.3 Å². The van der Waals surface area contributed by atoms with Crippen molar-refractivity contribution in [3.05, 3.63) is 44.8 Å². The summed E-state index contributed by atoms with van der Waals surface area (Å²) in [7, 11) is 1.63. The van der Waals surface area contributed by atoms with Gasteiger partial charge in [0.15, 0.2) is 5.65 Å². The molecule has 3 rings (SSSR count). The molecule has 0 radical (unpaired) electrons. The van der Waals surface area contributed by atoms with E-state index >= 15 is 0 Å². The Hall–Kier alpha value is -2.35. The maximum absolute atomic E-state index is 12.4. The van der Waals surface area contributed by atoms with Crippen LogP contribution in [0, 0.1) is 0 Å². The smallest absolute Gasteiger partial charge is 0.263 e. The molecule has 0 saturated heterocycles. The first-order valence-electron chi connectivity index (χ1n) is 8.29. The molecule has 1 unspecified atom stereocenters. The zero-order valence-corrected chi connectivity index (χ0v) is 17.0. The van der Waals surface area contributed by atoms with Gasteiger partial charge in [-0.05, 0) is 61.3 Å². The minimum absolute atomic E-state index is 0.0659. The molecule has 3 aromatic rings. The monoisotopic (exact) mass is 419 g/mol. The molecule has 2 N–H and O–H groups in total. The molecule has 8 heteroatoms. The Labute approximate surface area is 159 Å². The number of rotatable bonds is 4. The van der Waals surface area contributed by atoms with Crippen molar-refractivity contribution >= 4 is 32.9 Å². The zero-order chi connectivity index (χ0) is 19.1. The maximum atomic E-state index is 12.4. The van der Waals surface area contributed by atoms with Crippen molar-refractivity contribution < 1.29 is 4.74 Å². The number of anilines is 1. The predicted octanol–water partition coefficient (Wildman–Crippen LogP) is 3.82. The summed E-state index contributed by atoms with van der Waals surface area (Å²) in [5, 5.41) is 8.05. The lowest BCUT2D eigenvalue weighted by Gasteiger charge is -2.20. The van der Waals surface area contributed by atoms with Gasteiger partial charge in [-0.3, -0.25) is 9.78 Å². The summed E-state index contributed by atoms with van der Waals surface area (Å²) in [4.78, 5) is 19.7. The first kappa shape index (κ1) is 18.4. The van der Waals surface area contributed by atoms with Gasteiger partial charge in [0.05, 0.1) is 29.4 Å². The molecule has 138 valence electrons. The van der Waals surface area contributed by atoms with Crippen LogP contribution in [-0.4, -0.2) is 26.9 Å². The number of hydrogen-bond acceptors (Lipinski definition) is 5. The summed E-state index contributed by atoms with van der Waals surface area (Å²) in [6.07, 6.45) is 1.56. The summed E-state index contributed by atoms with van der Waals surface area (Å²) in [6, 6.07) is 5.78. The van der Waals surface area contributed by atoms with E-state index in [-0.39, 0.29) is 17.1 Å². The van der Waals surface area contributed by atoms with Crippen molar-refractivity contribution in [2.45, 2.75) is 39.3 Å². The van der Waals surface area contributed by atoms with Crippen LogP contribution in [0.25, 0.3) is 11.0 Å². The van der Waals surface area contributed by atoms with Crippen molar-refractivity contribution in [2.24, 2.45) is 0 Å². The fraction of sp³-hybridized carbons (Fsp3) is 0.389. The molecule has 0 aliphatic heterocycles. The highest BCUT2D eigenvalue weighted by atomic mass is 79.9. The molecule has 1 aromatic carbocycles. The minimum atomic E-state index is -0.272. The molecule has 2 heterocycles. The number of nitrogens with one attached hydrogen (secondary N) is 2. The van der Waals surface area contributed by atoms with Gasteiger partial charge in [0.2, 0.25) is 5.95 Å². The zero-order valence-electron chi connectivity index (χ0n) is 15.4. The van der Waals surface area contributed by atoms with Gasteiger partial charge in [0, 0.05) is 0 Å². The van der Waals surface area contributed by atoms with E-state index in [1.165, 1.54) is 0 Å². The summed E-state index contributed by atoms with van der Waals surface area (Å²) in [6.45, 7) is 8.06. The van der Waals surface area contributed by atoms with E-state index in [9.17, 15) is 4.79 Å². The third-order valence-corrected chi connectivity index (χ3v) is 4.72. The van der Waals surface area contributed by atoms with E-state index in [0.717, 1.165) is 15.8 Å². The third-order valence-electron chi connectivity index (χ3n) is 4.10. The van der Waals surface area contributed by atoms with Gasteiger partial charge in [-0.25, -0.2) is 4.68 Å². The van der Waals surface area contributed by atoms with E-state index in [1.807, 2.05) is 45.9 Å². The normalized spacial score (nSPS) is 13.0. The quantitative estimate of drug-likeness (QED) is 0.671. The first-order valence-corrected chi connectivity index (χ1v) is 9.08. The van der Waals surface area contributed by atoms with Gasteiger partial charge in [-0.2, -0.15) is 10.1 Å². The summed E-state index contributed by atoms with van der Waals surface area (Å²) in [5.74, 6) is 1.18. The number of benzene rings is 1. The van der Waals surface area contributed by atoms with Crippen molar-refractivity contribution in [1.82, 2.24) is 19.7 Å². The molecule has 0 bridgehead atoms. The number of hydrogen-bond donors (Lipinski definition) is 2. The maximum Gasteiger partial charge on any atom is 0.263 e. The van der Waals surface area contributed by atoms with Crippen LogP contribution < -0.4 is 15.6 Å². The molecule has 0 amide bonds. The number of halogens is 1. The Morgan fingerprint density at radius 1 is 1.35 bits per heavy atom. The Morgan fingerprint density at radius 2 is 2.08 bits per heavy atom. The van der Waals surface area contributed by atoms with Gasteiger partial charge < -0.3 is 10.1 Å². The number of nitrogens with zero attached hydrogens (tertiary/aromatic N) is 3. The Balaban J connectivity index is 1.95. The second-order valence-electron chi connectivity index (χ2n) is 7.14. The van der Waals surface area contributed by atoms with Crippen LogP contribution in [0.4, 0.5) is 5.95 Å². The van der Waals surface area contributed by atoms with Crippen molar-refractivity contribution in [2.75, 3.05) is 12.4 Å². The highest BCUT2D eigenvalue weighted by molar-refractivity contribution is 9.10. The summed E-state index contributed by atoms with van der Waals surface area (Å²) in [5.41, 5.74) is 1.11. The number of methoxy groups -OCH3 is 1. The number of aromatic nitrogens is 4. The number of H-pyrrole nitrogens is 1. The van der Waals surface area contributed by atoms with Crippen molar-refractivity contribution in [3.63, 3.8) is 0 Å². The molecular formula is C18H22BrN5O2. The van der Waals surface area contributed by atoms with E-state index in [2.05, 4.69) is 36.3 Å². The van der Waals surface area contributed by atoms with Crippen molar-refractivity contribution in [1.29, 1.82) is 0 Å². The molecule has 0 fully saturated rings. The second-order valence-corrected chi connectivity index (χ2v) is 7.99. The van der Waals surface area contributed by atoms with Crippen LogP contribution in [-0.2, 0) is 5.54 Å². The largest absolute Gasteiger partial charge is 0.496 e. The molecule has 0 saturated carbocycles. The van der Waals surface area contributed by atoms with Crippen LogP contribution in [0.2, 0.25) is 0 Å². The molecule has 0 spiro atoms. The van der Waals surface area contributed by atoms with Crippen LogP contribution in [0.5, 0.6) is 5.75 Å². The molecule has 2 aromatic heterocycles. The molecule has 0 aliphatic rings. The Morgan fingerprint density at radius 3 is 2.69 bits per heavy atom. The third kappa shape index (κ3) is 3.46. The van der Waals surface area contributed by atoms with Crippen LogP contribution in [0.3, 0.4) is 0 Å². The van der Waals surface area contributed by atoms with E-state index in [1.54, 1.807) is 18.0 Å². The predicted molar refractivity (Wildman–Crippen MR) is 106 cm³/mol. The highest BCUT2D eigenvalue weighted by Gasteiger charge is 2.20. The van der Waals surface area contributed by atoms with Gasteiger partial charge in [0.1, 0.15) is 11.1 Å². The lowest BCUT2D eigenvalue weighted by molar-refractivity contribution is 0.366. The summed E-state index contributed by atoms with van der Waals surface area (Å²) < 4.78 is 7.89. The lowest BCUT2D eigenvalue weighted by atomic mass is 10.1. The second kappa shape index (κ2) is 6.75. The average Bonchev–Trinajstić information content (AvgIpc) is 2.99. The van der Waals surface area contributed by atoms with Crippen molar-refractivity contribution in [3.8, 4) is 5.75 Å². The van der Waals surface area contributed by atoms with Crippen LogP contribution in [0.15, 0.2) is 33.7 Å². The fourth-order valence-electron chi connectivity index (χ4n) is 2.72. The van der Waals surface area contributed by atoms with Crippen LogP contribution >= 0.6 is 15.9 Å². The topological polar surface area (TPSA) is 84.8 Å². The minimum Gasteiger partial charge on any atom is -0.496 e. The average molecular weight is 420 g/mol. The number of aromatic amines is 1. The Bertz CT molecular complexity index is 1000. The van der Waals surface area contributed by atoms with E-state index < -0.39 is 0 Å². The van der Waals surface area contributed by atoms with Gasteiger partial charge in [-0.1, -0.05) is 6.07 Å². The molecule has 1 atom stereocenters. The molecular weight excluding hydrogens is 398 g/mol.